The van der Waals surface area contributed by atoms with Gasteiger partial charge in [0.2, 0.25) is 0 Å². The molecule has 1 aromatic carbocycles. The number of rotatable bonds is 5. The summed E-state index contributed by atoms with van der Waals surface area (Å²) in [4.78, 5) is 22.5. The molecular formula is C13H18N2O3. The maximum Gasteiger partial charge on any atom is 0.325 e. The lowest BCUT2D eigenvalue weighted by molar-refractivity contribution is -0.137. The smallest absolute Gasteiger partial charge is 0.325 e. The molecule has 0 saturated heterocycles. The highest BCUT2D eigenvalue weighted by Crippen LogP contribution is 2.12. The van der Waals surface area contributed by atoms with Crippen molar-refractivity contribution in [2.45, 2.75) is 32.9 Å². The van der Waals surface area contributed by atoms with Gasteiger partial charge in [-0.15, -0.1) is 0 Å². The molecule has 5 nitrogen and oxygen atoms in total. The highest BCUT2D eigenvalue weighted by Gasteiger charge is 2.12. The van der Waals surface area contributed by atoms with E-state index in [0.717, 1.165) is 0 Å². The first-order chi connectivity index (χ1) is 8.40. The number of carbonyl (C=O) groups excluding carboxylic acids is 1. The van der Waals surface area contributed by atoms with E-state index in [2.05, 4.69) is 10.6 Å². The molecule has 0 aliphatic heterocycles. The predicted octanol–water partition coefficient (Wildman–Crippen LogP) is 1.71. The number of carboxylic acid groups (broad SMARTS) is 1. The van der Waals surface area contributed by atoms with Crippen LogP contribution in [0.5, 0.6) is 0 Å². The minimum absolute atomic E-state index is 0.0621. The molecule has 0 fully saturated rings. The van der Waals surface area contributed by atoms with Crippen LogP contribution in [0.3, 0.4) is 0 Å². The summed E-state index contributed by atoms with van der Waals surface area (Å²) in [5.41, 5.74) is 1.12. The first-order valence-electron chi connectivity index (χ1n) is 5.80. The molecule has 0 bridgehead atoms. The molecule has 1 aromatic rings. The third-order valence-electron chi connectivity index (χ3n) is 2.30. The summed E-state index contributed by atoms with van der Waals surface area (Å²) in [6.45, 7) is 5.31. The minimum Gasteiger partial charge on any atom is -0.480 e. The van der Waals surface area contributed by atoms with Gasteiger partial charge in [-0.1, -0.05) is 6.07 Å². The Morgan fingerprint density at radius 1 is 1.22 bits per heavy atom. The number of hydrogen-bond acceptors (Lipinski definition) is 3. The van der Waals surface area contributed by atoms with Gasteiger partial charge in [-0.2, -0.15) is 0 Å². The van der Waals surface area contributed by atoms with Crippen LogP contribution in [0, 0.1) is 0 Å². The van der Waals surface area contributed by atoms with E-state index in [1.165, 1.54) is 0 Å². The SMILES string of the molecule is CC(C)NC(=O)c1cccc(NC(C)C(=O)O)c1. The van der Waals surface area contributed by atoms with Crippen molar-refractivity contribution in [3.8, 4) is 0 Å². The first kappa shape index (κ1) is 14.0. The van der Waals surface area contributed by atoms with Gasteiger partial charge in [-0.3, -0.25) is 9.59 Å². The van der Waals surface area contributed by atoms with Gasteiger partial charge in [0.1, 0.15) is 6.04 Å². The molecule has 0 aromatic heterocycles. The van der Waals surface area contributed by atoms with Crippen LogP contribution in [-0.2, 0) is 4.79 Å². The zero-order chi connectivity index (χ0) is 13.7. The van der Waals surface area contributed by atoms with E-state index in [0.29, 0.717) is 11.3 Å². The lowest BCUT2D eigenvalue weighted by atomic mass is 10.1. The van der Waals surface area contributed by atoms with Crippen LogP contribution in [0.15, 0.2) is 24.3 Å². The van der Waals surface area contributed by atoms with Crippen molar-refractivity contribution in [2.24, 2.45) is 0 Å². The average molecular weight is 250 g/mol. The standard InChI is InChI=1S/C13H18N2O3/c1-8(2)14-12(16)10-5-4-6-11(7-10)15-9(3)13(17)18/h4-9,15H,1-3H3,(H,14,16)(H,17,18). The second-order valence-electron chi connectivity index (χ2n) is 4.41. The van der Waals surface area contributed by atoms with Gasteiger partial charge in [0.05, 0.1) is 0 Å². The molecule has 0 spiro atoms. The molecule has 0 aliphatic rings. The Kier molecular flexibility index (Phi) is 4.71. The molecule has 0 heterocycles. The van der Waals surface area contributed by atoms with Gasteiger partial charge < -0.3 is 15.7 Å². The summed E-state index contributed by atoms with van der Waals surface area (Å²) in [6, 6.07) is 6.13. The second kappa shape index (κ2) is 6.05. The molecule has 5 heteroatoms. The van der Waals surface area contributed by atoms with E-state index < -0.39 is 12.0 Å². The van der Waals surface area contributed by atoms with Gasteiger partial charge in [0, 0.05) is 17.3 Å². The van der Waals surface area contributed by atoms with Gasteiger partial charge in [-0.25, -0.2) is 0 Å². The normalized spacial score (nSPS) is 12.0. The lowest BCUT2D eigenvalue weighted by Crippen LogP contribution is -2.30. The molecule has 0 radical (unpaired) electrons. The zero-order valence-electron chi connectivity index (χ0n) is 10.7. The molecular weight excluding hydrogens is 232 g/mol. The summed E-state index contributed by atoms with van der Waals surface area (Å²) in [7, 11) is 0. The second-order valence-corrected chi connectivity index (χ2v) is 4.41. The Bertz CT molecular complexity index is 444. The Labute approximate surface area is 106 Å². The van der Waals surface area contributed by atoms with Crippen molar-refractivity contribution in [3.63, 3.8) is 0 Å². The van der Waals surface area contributed by atoms with Crippen LogP contribution in [0.4, 0.5) is 5.69 Å². The predicted molar refractivity (Wildman–Crippen MR) is 69.8 cm³/mol. The number of benzene rings is 1. The highest BCUT2D eigenvalue weighted by atomic mass is 16.4. The number of hydrogen-bond donors (Lipinski definition) is 3. The third-order valence-corrected chi connectivity index (χ3v) is 2.30. The van der Waals surface area contributed by atoms with Crippen LogP contribution < -0.4 is 10.6 Å². The number of amides is 1. The maximum absolute atomic E-state index is 11.8. The Morgan fingerprint density at radius 2 is 1.89 bits per heavy atom. The summed E-state index contributed by atoms with van der Waals surface area (Å²) >= 11 is 0. The van der Waals surface area contributed by atoms with Gasteiger partial charge >= 0.3 is 5.97 Å². The fourth-order valence-electron chi connectivity index (χ4n) is 1.41. The number of carboxylic acids is 1. The summed E-state index contributed by atoms with van der Waals surface area (Å²) in [5, 5.41) is 14.4. The first-order valence-corrected chi connectivity index (χ1v) is 5.80. The summed E-state index contributed by atoms with van der Waals surface area (Å²) in [5.74, 6) is -1.11. The molecule has 0 saturated carbocycles. The zero-order valence-corrected chi connectivity index (χ0v) is 10.7. The fourth-order valence-corrected chi connectivity index (χ4v) is 1.41. The highest BCUT2D eigenvalue weighted by molar-refractivity contribution is 5.95. The number of anilines is 1. The van der Waals surface area contributed by atoms with E-state index in [1.54, 1.807) is 31.2 Å². The molecule has 98 valence electrons. The lowest BCUT2D eigenvalue weighted by Gasteiger charge is -2.12. The fraction of sp³-hybridized carbons (Fsp3) is 0.385. The van der Waals surface area contributed by atoms with Crippen LogP contribution in [0.25, 0.3) is 0 Å². The van der Waals surface area contributed by atoms with Crippen LogP contribution >= 0.6 is 0 Å². The van der Waals surface area contributed by atoms with Crippen molar-refractivity contribution in [2.75, 3.05) is 5.32 Å². The van der Waals surface area contributed by atoms with E-state index in [9.17, 15) is 9.59 Å². The van der Waals surface area contributed by atoms with Gasteiger partial charge in [0.15, 0.2) is 0 Å². The number of nitrogens with one attached hydrogen (secondary N) is 2. The summed E-state index contributed by atoms with van der Waals surface area (Å²) in [6.07, 6.45) is 0. The van der Waals surface area contributed by atoms with E-state index in [1.807, 2.05) is 13.8 Å². The molecule has 1 unspecified atom stereocenters. The molecule has 1 amide bonds. The van der Waals surface area contributed by atoms with Crippen molar-refractivity contribution in [1.29, 1.82) is 0 Å². The Balaban J connectivity index is 2.79. The van der Waals surface area contributed by atoms with E-state index in [-0.39, 0.29) is 11.9 Å². The molecule has 1 rings (SSSR count). The van der Waals surface area contributed by atoms with Crippen LogP contribution in [-0.4, -0.2) is 29.1 Å². The molecule has 1 atom stereocenters. The third kappa shape index (κ3) is 4.08. The Morgan fingerprint density at radius 3 is 2.44 bits per heavy atom. The molecule has 0 aliphatic carbocycles. The van der Waals surface area contributed by atoms with E-state index >= 15 is 0 Å². The average Bonchev–Trinajstić information content (AvgIpc) is 2.28. The molecule has 18 heavy (non-hydrogen) atoms. The van der Waals surface area contributed by atoms with Crippen molar-refractivity contribution in [3.05, 3.63) is 29.8 Å². The quantitative estimate of drug-likeness (QED) is 0.743. The Hall–Kier alpha value is -2.04. The van der Waals surface area contributed by atoms with Crippen molar-refractivity contribution < 1.29 is 14.7 Å². The van der Waals surface area contributed by atoms with Crippen molar-refractivity contribution >= 4 is 17.6 Å². The number of aliphatic carboxylic acids is 1. The minimum atomic E-state index is -0.938. The topological polar surface area (TPSA) is 78.4 Å². The van der Waals surface area contributed by atoms with Gasteiger partial charge in [0.25, 0.3) is 5.91 Å². The molecule has 3 N–H and O–H groups in total. The van der Waals surface area contributed by atoms with Crippen LogP contribution in [0.2, 0.25) is 0 Å². The maximum atomic E-state index is 11.8. The van der Waals surface area contributed by atoms with E-state index in [4.69, 9.17) is 5.11 Å². The number of carbonyl (C=O) groups is 2. The summed E-state index contributed by atoms with van der Waals surface area (Å²) < 4.78 is 0. The largest absolute Gasteiger partial charge is 0.480 e. The van der Waals surface area contributed by atoms with Crippen molar-refractivity contribution in [1.82, 2.24) is 5.32 Å². The monoisotopic (exact) mass is 250 g/mol. The van der Waals surface area contributed by atoms with Gasteiger partial charge in [-0.05, 0) is 39.0 Å². The van der Waals surface area contributed by atoms with Crippen LogP contribution in [0.1, 0.15) is 31.1 Å².